The molecule has 0 fully saturated rings. The van der Waals surface area contributed by atoms with Crippen molar-refractivity contribution in [3.63, 3.8) is 0 Å². The van der Waals surface area contributed by atoms with Gasteiger partial charge in [-0.3, -0.25) is 9.67 Å². The molecule has 0 spiro atoms. The number of aromatic amines is 1. The minimum absolute atomic E-state index is 0.297. The van der Waals surface area contributed by atoms with Gasteiger partial charge < -0.3 is 0 Å². The average Bonchev–Trinajstić information content (AvgIpc) is 2.64. The Morgan fingerprint density at radius 2 is 2.29 bits per heavy atom. The van der Waals surface area contributed by atoms with Crippen LogP contribution < -0.4 is 0 Å². The van der Waals surface area contributed by atoms with Gasteiger partial charge in [-0.15, -0.1) is 0 Å². The molecule has 0 bridgehead atoms. The highest BCUT2D eigenvalue weighted by molar-refractivity contribution is 9.10. The summed E-state index contributed by atoms with van der Waals surface area (Å²) >= 11 is 8.57. The first-order valence-electron chi connectivity index (χ1n) is 5.25. The minimum atomic E-state index is -0.297. The monoisotopic (exact) mass is 315 g/mol. The van der Waals surface area contributed by atoms with Gasteiger partial charge in [0.1, 0.15) is 11.6 Å². The van der Waals surface area contributed by atoms with Gasteiger partial charge in [0.15, 0.2) is 4.77 Å². The van der Waals surface area contributed by atoms with Gasteiger partial charge in [-0.2, -0.15) is 5.10 Å². The largest absolute Gasteiger partial charge is 0.271 e. The molecule has 90 valence electrons. The molecule has 3 nitrogen and oxygen atoms in total. The summed E-state index contributed by atoms with van der Waals surface area (Å²) in [6, 6.07) is 4.50. The first-order valence-corrected chi connectivity index (χ1v) is 6.45. The first kappa shape index (κ1) is 12.4. The molecule has 1 aromatic heterocycles. The normalized spacial score (nSPS) is 10.8. The number of aryl methyl sites for hydroxylation is 1. The third kappa shape index (κ3) is 2.47. The predicted octanol–water partition coefficient (Wildman–Crippen LogP) is 3.78. The number of H-pyrrole nitrogens is 1. The zero-order chi connectivity index (χ0) is 12.4. The predicted molar refractivity (Wildman–Crippen MR) is 70.4 cm³/mol. The van der Waals surface area contributed by atoms with Crippen LogP contribution in [0.1, 0.15) is 19.2 Å². The van der Waals surface area contributed by atoms with Crippen molar-refractivity contribution >= 4 is 28.1 Å². The zero-order valence-corrected chi connectivity index (χ0v) is 11.6. The fourth-order valence-corrected chi connectivity index (χ4v) is 2.30. The van der Waals surface area contributed by atoms with Gasteiger partial charge in [0.25, 0.3) is 0 Å². The summed E-state index contributed by atoms with van der Waals surface area (Å²) in [5.74, 6) is 0.512. The van der Waals surface area contributed by atoms with E-state index in [1.807, 2.05) is 0 Å². The van der Waals surface area contributed by atoms with Gasteiger partial charge in [0.05, 0.1) is 5.69 Å². The molecule has 0 saturated heterocycles. The molecule has 0 unspecified atom stereocenters. The Bertz CT molecular complexity index is 591. The van der Waals surface area contributed by atoms with Gasteiger partial charge in [0, 0.05) is 10.9 Å². The lowest BCUT2D eigenvalue weighted by molar-refractivity contribution is 0.625. The highest BCUT2D eigenvalue weighted by Crippen LogP contribution is 2.23. The number of nitrogens with zero attached hydrogens (tertiary/aromatic N) is 2. The standard InChI is InChI=1S/C11H11BrFN3S/c1-2-3-10-14-15-11(17)16(10)9-6-7(13)4-5-8(9)12/h4-6H,2-3H2,1H3,(H,15,17). The third-order valence-corrected chi connectivity index (χ3v) is 3.31. The van der Waals surface area contributed by atoms with Gasteiger partial charge in [-0.25, -0.2) is 4.39 Å². The Morgan fingerprint density at radius 3 is 3.00 bits per heavy atom. The summed E-state index contributed by atoms with van der Waals surface area (Å²) < 4.78 is 16.3. The topological polar surface area (TPSA) is 33.6 Å². The summed E-state index contributed by atoms with van der Waals surface area (Å²) in [7, 11) is 0. The van der Waals surface area contributed by atoms with E-state index in [1.165, 1.54) is 12.1 Å². The van der Waals surface area contributed by atoms with Crippen molar-refractivity contribution < 1.29 is 4.39 Å². The first-order chi connectivity index (χ1) is 8.13. The maximum absolute atomic E-state index is 13.3. The lowest BCUT2D eigenvalue weighted by Gasteiger charge is -2.08. The fourth-order valence-electron chi connectivity index (χ4n) is 1.63. The second-order valence-electron chi connectivity index (χ2n) is 3.63. The number of benzene rings is 1. The minimum Gasteiger partial charge on any atom is -0.271 e. The van der Waals surface area contributed by atoms with Crippen LogP contribution in [-0.4, -0.2) is 14.8 Å². The number of hydrogen-bond acceptors (Lipinski definition) is 2. The van der Waals surface area contributed by atoms with Crippen LogP contribution in [0.2, 0.25) is 0 Å². The van der Waals surface area contributed by atoms with Crippen LogP contribution in [0, 0.1) is 10.6 Å². The van der Waals surface area contributed by atoms with Gasteiger partial charge >= 0.3 is 0 Å². The molecule has 0 atom stereocenters. The van der Waals surface area contributed by atoms with Gasteiger partial charge in [-0.1, -0.05) is 6.92 Å². The van der Waals surface area contributed by atoms with E-state index >= 15 is 0 Å². The van der Waals surface area contributed by atoms with Crippen LogP contribution in [0.15, 0.2) is 22.7 Å². The quantitative estimate of drug-likeness (QED) is 0.874. The lowest BCUT2D eigenvalue weighted by atomic mass is 10.3. The van der Waals surface area contributed by atoms with E-state index in [0.29, 0.717) is 10.5 Å². The molecule has 1 N–H and O–H groups in total. The number of rotatable bonds is 3. The van der Waals surface area contributed by atoms with Crippen LogP contribution in [0.4, 0.5) is 4.39 Å². The van der Waals surface area contributed by atoms with E-state index in [9.17, 15) is 4.39 Å². The van der Waals surface area contributed by atoms with Gasteiger partial charge in [0.2, 0.25) is 0 Å². The SMILES string of the molecule is CCCc1n[nH]c(=S)n1-c1cc(F)ccc1Br. The molecule has 2 rings (SSSR count). The third-order valence-electron chi connectivity index (χ3n) is 2.36. The summed E-state index contributed by atoms with van der Waals surface area (Å²) in [5.41, 5.74) is 0.673. The average molecular weight is 316 g/mol. The van der Waals surface area contributed by atoms with Crippen LogP contribution in [0.3, 0.4) is 0 Å². The summed E-state index contributed by atoms with van der Waals surface area (Å²) in [6.07, 6.45) is 1.74. The fraction of sp³-hybridized carbons (Fsp3) is 0.273. The smallest absolute Gasteiger partial charge is 0.199 e. The molecule has 1 heterocycles. The molecule has 0 aliphatic carbocycles. The van der Waals surface area contributed by atoms with E-state index in [-0.39, 0.29) is 5.82 Å². The Morgan fingerprint density at radius 1 is 1.53 bits per heavy atom. The van der Waals surface area contributed by atoms with Crippen LogP contribution in [0.25, 0.3) is 5.69 Å². The van der Waals surface area contributed by atoms with Gasteiger partial charge in [-0.05, 0) is 52.8 Å². The number of nitrogens with one attached hydrogen (secondary N) is 1. The molecule has 1 aromatic carbocycles. The van der Waals surface area contributed by atoms with Crippen molar-refractivity contribution in [1.29, 1.82) is 0 Å². The summed E-state index contributed by atoms with van der Waals surface area (Å²) in [6.45, 7) is 2.06. The number of halogens is 2. The molecule has 6 heteroatoms. The zero-order valence-electron chi connectivity index (χ0n) is 9.20. The van der Waals surface area contributed by atoms with Crippen molar-refractivity contribution in [3.8, 4) is 5.69 Å². The van der Waals surface area contributed by atoms with Crippen molar-refractivity contribution in [3.05, 3.63) is 39.1 Å². The van der Waals surface area contributed by atoms with Crippen LogP contribution in [-0.2, 0) is 6.42 Å². The van der Waals surface area contributed by atoms with Crippen molar-refractivity contribution in [2.45, 2.75) is 19.8 Å². The highest BCUT2D eigenvalue weighted by atomic mass is 79.9. The Hall–Kier alpha value is -1.01. The molecular weight excluding hydrogens is 305 g/mol. The summed E-state index contributed by atoms with van der Waals surface area (Å²) in [5, 5.41) is 6.89. The Labute approximate surface area is 112 Å². The second-order valence-corrected chi connectivity index (χ2v) is 4.87. The van der Waals surface area contributed by atoms with E-state index in [0.717, 1.165) is 23.1 Å². The Kier molecular flexibility index (Phi) is 3.73. The van der Waals surface area contributed by atoms with E-state index in [1.54, 1.807) is 10.6 Å². The van der Waals surface area contributed by atoms with E-state index < -0.39 is 0 Å². The molecule has 0 radical (unpaired) electrons. The maximum Gasteiger partial charge on any atom is 0.199 e. The molecule has 0 saturated carbocycles. The molecule has 2 aromatic rings. The second kappa shape index (κ2) is 5.10. The molecule has 0 amide bonds. The highest BCUT2D eigenvalue weighted by Gasteiger charge is 2.11. The molecule has 0 aliphatic rings. The molecular formula is C11H11BrFN3S. The number of aromatic nitrogens is 3. The van der Waals surface area contributed by atoms with Crippen molar-refractivity contribution in [1.82, 2.24) is 14.8 Å². The van der Waals surface area contributed by atoms with E-state index in [2.05, 4.69) is 33.1 Å². The molecule has 0 aliphatic heterocycles. The van der Waals surface area contributed by atoms with E-state index in [4.69, 9.17) is 12.2 Å². The maximum atomic E-state index is 13.3. The summed E-state index contributed by atoms with van der Waals surface area (Å²) in [4.78, 5) is 0. The number of hydrogen-bond donors (Lipinski definition) is 1. The molecule has 17 heavy (non-hydrogen) atoms. The van der Waals surface area contributed by atoms with Crippen molar-refractivity contribution in [2.75, 3.05) is 0 Å². The van der Waals surface area contributed by atoms with Crippen LogP contribution in [0.5, 0.6) is 0 Å². The van der Waals surface area contributed by atoms with Crippen molar-refractivity contribution in [2.24, 2.45) is 0 Å². The van der Waals surface area contributed by atoms with Crippen LogP contribution >= 0.6 is 28.1 Å². The lowest BCUT2D eigenvalue weighted by Crippen LogP contribution is -2.02. The Balaban J connectivity index is 2.63.